The monoisotopic (exact) mass is 208 g/mol. The Morgan fingerprint density at radius 1 is 1.20 bits per heavy atom. The van der Waals surface area contributed by atoms with Crippen molar-refractivity contribution in [1.82, 2.24) is 9.97 Å². The van der Waals surface area contributed by atoms with Gasteiger partial charge in [0.1, 0.15) is 18.0 Å². The van der Waals surface area contributed by atoms with E-state index in [4.69, 9.17) is 0 Å². The molecule has 0 aromatic carbocycles. The molecule has 1 heterocycles. The summed E-state index contributed by atoms with van der Waals surface area (Å²) in [6.07, 6.45) is 4.89. The molecule has 0 aliphatic heterocycles. The van der Waals surface area contributed by atoms with Gasteiger partial charge >= 0.3 is 0 Å². The van der Waals surface area contributed by atoms with Crippen molar-refractivity contribution in [2.75, 3.05) is 24.2 Å². The highest BCUT2D eigenvalue weighted by atomic mass is 15.1. The van der Waals surface area contributed by atoms with Gasteiger partial charge in [-0.15, -0.1) is 0 Å². The normalized spacial score (nSPS) is 10.1. The Hall–Kier alpha value is -1.32. The Bertz CT molecular complexity index is 299. The topological polar surface area (TPSA) is 49.8 Å². The highest BCUT2D eigenvalue weighted by Crippen LogP contribution is 2.19. The summed E-state index contributed by atoms with van der Waals surface area (Å²) >= 11 is 0. The Morgan fingerprint density at radius 3 is 2.53 bits per heavy atom. The Labute approximate surface area is 91.5 Å². The molecule has 4 nitrogen and oxygen atoms in total. The van der Waals surface area contributed by atoms with E-state index in [2.05, 4.69) is 34.4 Å². The summed E-state index contributed by atoms with van der Waals surface area (Å²) in [7, 11) is 1.89. The van der Waals surface area contributed by atoms with Crippen LogP contribution in [0.25, 0.3) is 0 Å². The van der Waals surface area contributed by atoms with Crippen LogP contribution in [0.5, 0.6) is 0 Å². The molecule has 1 aromatic heterocycles. The zero-order chi connectivity index (χ0) is 11.1. The molecule has 0 aliphatic rings. The fourth-order valence-electron chi connectivity index (χ4n) is 1.50. The molecular weight excluding hydrogens is 188 g/mol. The lowest BCUT2D eigenvalue weighted by molar-refractivity contribution is 0.827. The Balaban J connectivity index is 2.76. The minimum absolute atomic E-state index is 0.923. The molecule has 0 atom stereocenters. The number of nitrogens with zero attached hydrogens (tertiary/aromatic N) is 2. The minimum atomic E-state index is 0.923. The summed E-state index contributed by atoms with van der Waals surface area (Å²) in [5.41, 5.74) is 1.16. The van der Waals surface area contributed by atoms with Crippen LogP contribution in [0.3, 0.4) is 0 Å². The third-order valence-electron chi connectivity index (χ3n) is 2.36. The summed E-state index contributed by atoms with van der Waals surface area (Å²) in [4.78, 5) is 8.46. The van der Waals surface area contributed by atoms with Gasteiger partial charge in [0.15, 0.2) is 0 Å². The zero-order valence-corrected chi connectivity index (χ0v) is 9.80. The predicted molar refractivity (Wildman–Crippen MR) is 64.4 cm³/mol. The van der Waals surface area contributed by atoms with E-state index in [0.29, 0.717) is 0 Å². The van der Waals surface area contributed by atoms with Crippen LogP contribution in [0.1, 0.15) is 32.3 Å². The van der Waals surface area contributed by atoms with Crippen LogP contribution in [0, 0.1) is 0 Å². The summed E-state index contributed by atoms with van der Waals surface area (Å²) in [5, 5.41) is 6.43. The molecule has 1 rings (SSSR count). The number of hydrogen-bond donors (Lipinski definition) is 2. The number of hydrogen-bond acceptors (Lipinski definition) is 4. The molecule has 0 bridgehead atoms. The molecule has 0 spiro atoms. The van der Waals surface area contributed by atoms with E-state index >= 15 is 0 Å². The highest BCUT2D eigenvalue weighted by molar-refractivity contribution is 5.56. The molecule has 0 saturated carbocycles. The molecule has 0 aliphatic carbocycles. The van der Waals surface area contributed by atoms with E-state index in [9.17, 15) is 0 Å². The number of aromatic nitrogens is 2. The van der Waals surface area contributed by atoms with Crippen LogP contribution in [0.2, 0.25) is 0 Å². The zero-order valence-electron chi connectivity index (χ0n) is 9.80. The van der Waals surface area contributed by atoms with Gasteiger partial charge in [0, 0.05) is 19.2 Å². The maximum absolute atomic E-state index is 4.27. The first-order valence-corrected chi connectivity index (χ1v) is 5.58. The number of nitrogens with one attached hydrogen (secondary N) is 2. The van der Waals surface area contributed by atoms with Crippen LogP contribution in [-0.2, 0) is 6.42 Å². The first kappa shape index (κ1) is 11.8. The number of anilines is 2. The average Bonchev–Trinajstić information content (AvgIpc) is 2.29. The largest absolute Gasteiger partial charge is 0.373 e. The van der Waals surface area contributed by atoms with Gasteiger partial charge in [-0.3, -0.25) is 0 Å². The van der Waals surface area contributed by atoms with Gasteiger partial charge in [-0.2, -0.15) is 0 Å². The second kappa shape index (κ2) is 6.22. The van der Waals surface area contributed by atoms with Crippen LogP contribution in [0.15, 0.2) is 6.33 Å². The van der Waals surface area contributed by atoms with Crippen molar-refractivity contribution in [3.8, 4) is 0 Å². The molecular formula is C11H20N4. The van der Waals surface area contributed by atoms with Crippen molar-refractivity contribution < 1.29 is 0 Å². The van der Waals surface area contributed by atoms with E-state index in [1.807, 2.05) is 7.05 Å². The first-order chi connectivity index (χ1) is 7.33. The molecule has 1 aromatic rings. The molecule has 2 N–H and O–H groups in total. The fraction of sp³-hybridized carbons (Fsp3) is 0.636. The molecule has 0 unspecified atom stereocenters. The fourth-order valence-corrected chi connectivity index (χ4v) is 1.50. The van der Waals surface area contributed by atoms with Crippen LogP contribution < -0.4 is 10.6 Å². The molecule has 0 saturated heterocycles. The summed E-state index contributed by atoms with van der Waals surface area (Å²) in [6, 6.07) is 0. The van der Waals surface area contributed by atoms with Crippen molar-refractivity contribution in [1.29, 1.82) is 0 Å². The van der Waals surface area contributed by atoms with Gasteiger partial charge in [-0.05, 0) is 12.8 Å². The SMILES string of the molecule is CCCCNc1ncnc(NC)c1CC. The van der Waals surface area contributed by atoms with Gasteiger partial charge in [0.25, 0.3) is 0 Å². The van der Waals surface area contributed by atoms with Crippen LogP contribution >= 0.6 is 0 Å². The Kier molecular flexibility index (Phi) is 4.87. The lowest BCUT2D eigenvalue weighted by Gasteiger charge is -2.12. The third kappa shape index (κ3) is 3.08. The van der Waals surface area contributed by atoms with Gasteiger partial charge in [-0.1, -0.05) is 20.3 Å². The van der Waals surface area contributed by atoms with Crippen molar-refractivity contribution in [2.45, 2.75) is 33.1 Å². The molecule has 0 amide bonds. The molecule has 15 heavy (non-hydrogen) atoms. The maximum Gasteiger partial charge on any atom is 0.134 e. The van der Waals surface area contributed by atoms with E-state index in [-0.39, 0.29) is 0 Å². The molecule has 0 radical (unpaired) electrons. The number of rotatable bonds is 6. The summed E-state index contributed by atoms with van der Waals surface area (Å²) in [5.74, 6) is 1.89. The smallest absolute Gasteiger partial charge is 0.134 e. The first-order valence-electron chi connectivity index (χ1n) is 5.58. The van der Waals surface area contributed by atoms with E-state index < -0.39 is 0 Å². The Morgan fingerprint density at radius 2 is 1.93 bits per heavy atom. The lowest BCUT2D eigenvalue weighted by Crippen LogP contribution is -2.08. The van der Waals surface area contributed by atoms with Crippen molar-refractivity contribution in [3.05, 3.63) is 11.9 Å². The highest BCUT2D eigenvalue weighted by Gasteiger charge is 2.07. The third-order valence-corrected chi connectivity index (χ3v) is 2.36. The van der Waals surface area contributed by atoms with Crippen LogP contribution in [0.4, 0.5) is 11.6 Å². The summed E-state index contributed by atoms with van der Waals surface area (Å²) in [6.45, 7) is 5.27. The lowest BCUT2D eigenvalue weighted by atomic mass is 10.2. The second-order valence-electron chi connectivity index (χ2n) is 3.43. The average molecular weight is 208 g/mol. The standard InChI is InChI=1S/C11H20N4/c1-4-6-7-13-11-9(5-2)10(12-3)14-8-15-11/h8H,4-7H2,1-3H3,(H2,12,13,14,15). The predicted octanol–water partition coefficient (Wildman–Crippen LogP) is 2.29. The quantitative estimate of drug-likeness (QED) is 0.704. The minimum Gasteiger partial charge on any atom is -0.373 e. The molecule has 4 heteroatoms. The summed E-state index contributed by atoms with van der Waals surface area (Å²) < 4.78 is 0. The van der Waals surface area contributed by atoms with Gasteiger partial charge in [0.05, 0.1) is 0 Å². The van der Waals surface area contributed by atoms with Crippen molar-refractivity contribution in [3.63, 3.8) is 0 Å². The van der Waals surface area contributed by atoms with Gasteiger partial charge < -0.3 is 10.6 Å². The number of unbranched alkanes of at least 4 members (excludes halogenated alkanes) is 1. The van der Waals surface area contributed by atoms with Gasteiger partial charge in [0.2, 0.25) is 0 Å². The van der Waals surface area contributed by atoms with Crippen molar-refractivity contribution >= 4 is 11.6 Å². The molecule has 0 fully saturated rings. The van der Waals surface area contributed by atoms with Gasteiger partial charge in [-0.25, -0.2) is 9.97 Å². The van der Waals surface area contributed by atoms with E-state index in [0.717, 1.165) is 30.2 Å². The van der Waals surface area contributed by atoms with Crippen LogP contribution in [-0.4, -0.2) is 23.6 Å². The second-order valence-corrected chi connectivity index (χ2v) is 3.43. The van der Waals surface area contributed by atoms with E-state index in [1.165, 1.54) is 12.8 Å². The molecule has 84 valence electrons. The maximum atomic E-state index is 4.27. The van der Waals surface area contributed by atoms with Crippen molar-refractivity contribution in [2.24, 2.45) is 0 Å². The van der Waals surface area contributed by atoms with E-state index in [1.54, 1.807) is 6.33 Å².